The van der Waals surface area contributed by atoms with Crippen LogP contribution >= 0.6 is 0 Å². The molecule has 7 nitrogen and oxygen atoms in total. The van der Waals surface area contributed by atoms with Crippen LogP contribution in [0.15, 0.2) is 109 Å². The number of halogens is 3. The molecule has 0 spiro atoms. The summed E-state index contributed by atoms with van der Waals surface area (Å²) in [7, 11) is -1.60. The number of fused-ring (bicyclic) bond motifs is 6. The summed E-state index contributed by atoms with van der Waals surface area (Å²) in [5.41, 5.74) is 5.77. The van der Waals surface area contributed by atoms with Gasteiger partial charge in [0.05, 0.1) is 22.7 Å². The van der Waals surface area contributed by atoms with Gasteiger partial charge in [0.2, 0.25) is 0 Å². The molecule has 47 heavy (non-hydrogen) atoms. The summed E-state index contributed by atoms with van der Waals surface area (Å²) in [5.74, 6) is 4.44. The third-order valence-electron chi connectivity index (χ3n) is 10.2. The summed E-state index contributed by atoms with van der Waals surface area (Å²) in [6.07, 6.45) is 0. The SMILES string of the molecule is CN1/C2=C3\N(C)c4ccccc4N3C[C@H]3C4c5ccccc5C(c5ccccc54)[C@@H]3CN2c2ccccc21.O=S(=O)([O-])C(F)(F)F.[K+]. The fourth-order valence-electron chi connectivity index (χ4n) is 8.49. The molecule has 0 aromatic heterocycles. The van der Waals surface area contributed by atoms with Gasteiger partial charge in [0.25, 0.3) is 0 Å². The molecule has 3 heterocycles. The molecule has 3 aliphatic heterocycles. The molecule has 0 fully saturated rings. The monoisotopic (exact) mass is 682 g/mol. The Hall–Kier alpha value is -2.84. The predicted octanol–water partition coefficient (Wildman–Crippen LogP) is 3.62. The second-order valence-electron chi connectivity index (χ2n) is 12.4. The van der Waals surface area contributed by atoms with Crippen LogP contribution in [0.2, 0.25) is 0 Å². The van der Waals surface area contributed by atoms with Crippen molar-refractivity contribution in [1.82, 2.24) is 0 Å². The molecule has 0 saturated carbocycles. The minimum atomic E-state index is -6.09. The predicted molar refractivity (Wildman–Crippen MR) is 171 cm³/mol. The van der Waals surface area contributed by atoms with Crippen molar-refractivity contribution in [2.75, 3.05) is 46.8 Å². The first kappa shape index (κ1) is 32.7. The molecule has 4 aromatic carbocycles. The van der Waals surface area contributed by atoms with Gasteiger partial charge in [0, 0.05) is 39.0 Å². The minimum absolute atomic E-state index is 0. The third kappa shape index (κ3) is 4.90. The summed E-state index contributed by atoms with van der Waals surface area (Å²) in [6.45, 7) is 2.04. The smallest absolute Gasteiger partial charge is 0.741 e. The van der Waals surface area contributed by atoms with Gasteiger partial charge in [-0.25, -0.2) is 8.42 Å². The van der Waals surface area contributed by atoms with E-state index in [-0.39, 0.29) is 51.4 Å². The van der Waals surface area contributed by atoms with E-state index in [1.54, 1.807) is 22.3 Å². The van der Waals surface area contributed by atoms with Crippen LogP contribution in [-0.4, -0.2) is 45.7 Å². The van der Waals surface area contributed by atoms with E-state index in [1.807, 2.05) is 0 Å². The summed E-state index contributed by atoms with van der Waals surface area (Å²) in [4.78, 5) is 10.1. The number of benzene rings is 4. The van der Waals surface area contributed by atoms with E-state index in [9.17, 15) is 13.2 Å². The van der Waals surface area contributed by atoms with Gasteiger partial charge in [-0.2, -0.15) is 13.2 Å². The first-order valence-electron chi connectivity index (χ1n) is 15.1. The topological polar surface area (TPSA) is 70.2 Å². The Morgan fingerprint density at radius 2 is 0.872 bits per heavy atom. The molecule has 236 valence electrons. The van der Waals surface area contributed by atoms with Gasteiger partial charge in [-0.3, -0.25) is 0 Å². The van der Waals surface area contributed by atoms with E-state index in [4.69, 9.17) is 13.0 Å². The van der Waals surface area contributed by atoms with Gasteiger partial charge in [-0.1, -0.05) is 72.8 Å². The van der Waals surface area contributed by atoms with E-state index < -0.39 is 15.6 Å². The van der Waals surface area contributed by atoms with Gasteiger partial charge in [-0.15, -0.1) is 0 Å². The van der Waals surface area contributed by atoms with E-state index in [0.29, 0.717) is 23.7 Å². The Morgan fingerprint density at radius 3 is 1.17 bits per heavy atom. The molecule has 0 N–H and O–H groups in total. The quantitative estimate of drug-likeness (QED) is 0.160. The zero-order valence-corrected chi connectivity index (χ0v) is 30.0. The maximum absolute atomic E-state index is 10.7. The Morgan fingerprint density at radius 1 is 0.596 bits per heavy atom. The van der Waals surface area contributed by atoms with Crippen LogP contribution in [0.5, 0.6) is 0 Å². The Labute approximate surface area is 314 Å². The number of alkyl halides is 3. The molecule has 0 saturated heterocycles. The second-order valence-corrected chi connectivity index (χ2v) is 13.8. The largest absolute Gasteiger partial charge is 1.00 e. The van der Waals surface area contributed by atoms with Gasteiger partial charge < -0.3 is 24.2 Å². The maximum Gasteiger partial charge on any atom is 1.00 e. The number of hydrogen-bond acceptors (Lipinski definition) is 7. The first-order chi connectivity index (χ1) is 22.0. The molecule has 3 aliphatic carbocycles. The molecule has 12 heteroatoms. The standard InChI is InChI=1S/C34H30N4.CHF3O3S.K/c1-35-27-15-7-9-17-29(27)37-19-25-26(20-38-30-18-10-8-16-28(30)36(2)34(38)33(35)37)32-23-13-5-3-11-21(23)31(25)22-12-4-6-14-24(22)32;2-1(3,4)8(5,6)7;/h3-18,25-26,31-32H,19-20H2,1-2H3;(H,5,6,7);/q;;+1/p-1/b34-33-;;/t25-,26-,31?,32?;;/m1../s1. The maximum atomic E-state index is 10.7. The molecule has 2 bridgehead atoms. The Bertz CT molecular complexity index is 1870. The molecule has 0 unspecified atom stereocenters. The number of rotatable bonds is 0. The van der Waals surface area contributed by atoms with Crippen molar-refractivity contribution >= 4 is 32.9 Å². The van der Waals surface area contributed by atoms with Crippen molar-refractivity contribution < 1.29 is 77.5 Å². The Kier molecular flexibility index (Phi) is 8.10. The molecular weight excluding hydrogens is 653 g/mol. The van der Waals surface area contributed by atoms with E-state index in [2.05, 4.69) is 131 Å². The first-order valence-corrected chi connectivity index (χ1v) is 16.5. The Balaban J connectivity index is 0.000000351. The van der Waals surface area contributed by atoms with Crippen LogP contribution in [0.1, 0.15) is 34.1 Å². The number of nitrogens with zero attached hydrogens (tertiary/aromatic N) is 4. The zero-order chi connectivity index (χ0) is 32.1. The van der Waals surface area contributed by atoms with Crippen LogP contribution in [0.4, 0.5) is 35.9 Å². The van der Waals surface area contributed by atoms with Crippen molar-refractivity contribution in [3.63, 3.8) is 0 Å². The fraction of sp³-hybridized carbons (Fsp3) is 0.257. The number of hydrogen-bond donors (Lipinski definition) is 0. The molecule has 2 atom stereocenters. The summed E-state index contributed by atoms with van der Waals surface area (Å²) in [5, 5.41) is 0. The van der Waals surface area contributed by atoms with Crippen molar-refractivity contribution in [1.29, 1.82) is 0 Å². The van der Waals surface area contributed by atoms with Gasteiger partial charge in [-0.05, 0) is 58.4 Å². The van der Waals surface area contributed by atoms with Crippen molar-refractivity contribution in [3.05, 3.63) is 131 Å². The molecular formula is C35H30F3KN4O3S. The van der Waals surface area contributed by atoms with E-state index in [1.165, 1.54) is 34.4 Å². The fourth-order valence-corrected chi connectivity index (χ4v) is 8.49. The third-order valence-corrected chi connectivity index (χ3v) is 10.8. The van der Waals surface area contributed by atoms with Gasteiger partial charge >= 0.3 is 56.9 Å². The van der Waals surface area contributed by atoms with Crippen LogP contribution < -0.4 is 71.0 Å². The van der Waals surface area contributed by atoms with Crippen LogP contribution in [0.25, 0.3) is 0 Å². The number of anilines is 4. The molecule has 4 aromatic rings. The second kappa shape index (κ2) is 11.6. The van der Waals surface area contributed by atoms with E-state index >= 15 is 0 Å². The summed E-state index contributed by atoms with van der Waals surface area (Å²) >= 11 is 0. The average molecular weight is 683 g/mol. The zero-order valence-electron chi connectivity index (χ0n) is 26.0. The van der Waals surface area contributed by atoms with Crippen LogP contribution in [0, 0.1) is 11.8 Å². The van der Waals surface area contributed by atoms with Crippen molar-refractivity contribution in [2.24, 2.45) is 11.8 Å². The van der Waals surface area contributed by atoms with Crippen molar-refractivity contribution in [2.45, 2.75) is 17.3 Å². The van der Waals surface area contributed by atoms with Crippen LogP contribution in [-0.2, 0) is 10.1 Å². The molecule has 0 amide bonds. The molecule has 10 rings (SSSR count). The summed E-state index contributed by atoms with van der Waals surface area (Å²) < 4.78 is 58.9. The summed E-state index contributed by atoms with van der Waals surface area (Å²) in [6, 6.07) is 36.5. The van der Waals surface area contributed by atoms with Gasteiger partial charge in [0.15, 0.2) is 21.8 Å². The van der Waals surface area contributed by atoms with Gasteiger partial charge in [0.1, 0.15) is 0 Å². The van der Waals surface area contributed by atoms with Crippen LogP contribution in [0.3, 0.4) is 0 Å². The molecule has 0 radical (unpaired) electrons. The normalized spacial score (nSPS) is 24.6. The number of para-hydroxylation sites is 4. The van der Waals surface area contributed by atoms with E-state index in [0.717, 1.165) is 13.1 Å². The van der Waals surface area contributed by atoms with Crippen molar-refractivity contribution in [3.8, 4) is 0 Å². The average Bonchev–Trinajstić information content (AvgIpc) is 3.45. The minimum Gasteiger partial charge on any atom is -0.741 e. The molecule has 6 aliphatic rings.